The van der Waals surface area contributed by atoms with E-state index in [0.717, 1.165) is 19.4 Å². The van der Waals surface area contributed by atoms with Gasteiger partial charge in [-0.1, -0.05) is 0 Å². The zero-order valence-electron chi connectivity index (χ0n) is 13.1. The summed E-state index contributed by atoms with van der Waals surface area (Å²) in [4.78, 5) is 28.4. The van der Waals surface area contributed by atoms with Crippen molar-refractivity contribution < 1.29 is 14.0 Å². The maximum atomic E-state index is 14.3. The molecule has 0 radical (unpaired) electrons. The van der Waals surface area contributed by atoms with Crippen molar-refractivity contribution in [2.45, 2.75) is 18.9 Å². The van der Waals surface area contributed by atoms with Gasteiger partial charge in [-0.05, 0) is 6.42 Å². The first-order valence-electron chi connectivity index (χ1n) is 7.68. The average Bonchev–Trinajstić information content (AvgIpc) is 2.58. The van der Waals surface area contributed by atoms with Gasteiger partial charge in [-0.3, -0.25) is 4.79 Å². The minimum atomic E-state index is -0.601. The largest absolute Gasteiger partial charge is 0.372 e. The van der Waals surface area contributed by atoms with Crippen molar-refractivity contribution in [1.82, 2.24) is 15.6 Å². The van der Waals surface area contributed by atoms with Crippen LogP contribution in [0, 0.1) is 5.82 Å². The van der Waals surface area contributed by atoms with Crippen LogP contribution in [0.1, 0.15) is 12.8 Å². The van der Waals surface area contributed by atoms with Gasteiger partial charge < -0.3 is 25.6 Å². The molecule has 8 heteroatoms. The maximum absolute atomic E-state index is 14.3. The van der Waals surface area contributed by atoms with E-state index >= 15 is 0 Å². The molecule has 1 fully saturated rings. The van der Waals surface area contributed by atoms with Gasteiger partial charge in [0.15, 0.2) is 11.6 Å². The highest BCUT2D eigenvalue weighted by Gasteiger charge is 2.19. The SMILES string of the molecule is CNC(=O)C(CCC=O)Nc1cnc(N2CCNCC2)c(F)c1. The predicted octanol–water partition coefficient (Wildman–Crippen LogP) is 0.136. The van der Waals surface area contributed by atoms with Gasteiger partial charge in [0, 0.05) is 45.7 Å². The van der Waals surface area contributed by atoms with E-state index in [0.29, 0.717) is 31.0 Å². The van der Waals surface area contributed by atoms with Crippen LogP contribution in [0.15, 0.2) is 12.3 Å². The average molecular weight is 323 g/mol. The van der Waals surface area contributed by atoms with E-state index in [2.05, 4.69) is 20.9 Å². The number of aromatic nitrogens is 1. The lowest BCUT2D eigenvalue weighted by molar-refractivity contribution is -0.121. The molecule has 1 aliphatic rings. The summed E-state index contributed by atoms with van der Waals surface area (Å²) in [5, 5.41) is 8.66. The highest BCUT2D eigenvalue weighted by molar-refractivity contribution is 5.84. The number of aldehydes is 1. The Labute approximate surface area is 134 Å². The van der Waals surface area contributed by atoms with Crippen LogP contribution in [0.2, 0.25) is 0 Å². The number of anilines is 2. The van der Waals surface area contributed by atoms with E-state index < -0.39 is 11.9 Å². The first-order valence-corrected chi connectivity index (χ1v) is 7.68. The zero-order chi connectivity index (χ0) is 16.7. The first-order chi connectivity index (χ1) is 11.2. The van der Waals surface area contributed by atoms with E-state index in [4.69, 9.17) is 0 Å². The van der Waals surface area contributed by atoms with Gasteiger partial charge in [-0.25, -0.2) is 9.37 Å². The van der Waals surface area contributed by atoms with Crippen molar-refractivity contribution in [2.24, 2.45) is 0 Å². The maximum Gasteiger partial charge on any atom is 0.242 e. The van der Waals surface area contributed by atoms with Crippen LogP contribution in [-0.2, 0) is 9.59 Å². The number of carbonyl (C=O) groups is 2. The number of carbonyl (C=O) groups excluding carboxylic acids is 2. The number of halogens is 1. The van der Waals surface area contributed by atoms with E-state index in [1.54, 1.807) is 0 Å². The van der Waals surface area contributed by atoms with E-state index in [-0.39, 0.29) is 12.3 Å². The molecule has 126 valence electrons. The van der Waals surface area contributed by atoms with Crippen LogP contribution in [0.25, 0.3) is 0 Å². The Morgan fingerprint density at radius 3 is 2.87 bits per heavy atom. The Morgan fingerprint density at radius 2 is 2.26 bits per heavy atom. The molecule has 0 saturated carbocycles. The summed E-state index contributed by atoms with van der Waals surface area (Å²) in [6, 6.07) is 0.734. The van der Waals surface area contributed by atoms with Crippen molar-refractivity contribution in [3.05, 3.63) is 18.1 Å². The molecule has 1 unspecified atom stereocenters. The number of nitrogens with one attached hydrogen (secondary N) is 3. The molecule has 0 spiro atoms. The van der Waals surface area contributed by atoms with E-state index in [1.165, 1.54) is 19.3 Å². The fourth-order valence-electron chi connectivity index (χ4n) is 2.50. The van der Waals surface area contributed by atoms with E-state index in [9.17, 15) is 14.0 Å². The van der Waals surface area contributed by atoms with Crippen LogP contribution in [0.4, 0.5) is 15.9 Å². The number of likely N-dealkylation sites (N-methyl/N-ethyl adjacent to an activating group) is 1. The number of nitrogens with zero attached hydrogens (tertiary/aromatic N) is 2. The van der Waals surface area contributed by atoms with Gasteiger partial charge in [0.2, 0.25) is 5.91 Å². The van der Waals surface area contributed by atoms with Crippen molar-refractivity contribution in [2.75, 3.05) is 43.4 Å². The molecular formula is C15H22FN5O2. The molecule has 1 aromatic heterocycles. The summed E-state index contributed by atoms with van der Waals surface area (Å²) < 4.78 is 14.3. The Hall–Kier alpha value is -2.22. The second-order valence-corrected chi connectivity index (χ2v) is 5.32. The molecule has 1 aromatic rings. The van der Waals surface area contributed by atoms with Crippen molar-refractivity contribution >= 4 is 23.7 Å². The zero-order valence-corrected chi connectivity index (χ0v) is 13.1. The summed E-state index contributed by atoms with van der Waals surface area (Å²) in [7, 11) is 1.52. The molecule has 1 amide bonds. The summed E-state index contributed by atoms with van der Waals surface area (Å²) in [6.45, 7) is 3.00. The summed E-state index contributed by atoms with van der Waals surface area (Å²) in [6.07, 6.45) is 2.85. The lowest BCUT2D eigenvalue weighted by Gasteiger charge is -2.28. The van der Waals surface area contributed by atoms with Crippen molar-refractivity contribution in [1.29, 1.82) is 0 Å². The summed E-state index contributed by atoms with van der Waals surface area (Å²) >= 11 is 0. The van der Waals surface area contributed by atoms with Crippen LogP contribution >= 0.6 is 0 Å². The molecule has 0 aliphatic carbocycles. The number of rotatable bonds is 7. The molecule has 0 bridgehead atoms. The number of hydrogen-bond donors (Lipinski definition) is 3. The highest BCUT2D eigenvalue weighted by atomic mass is 19.1. The first kappa shape index (κ1) is 17.1. The van der Waals surface area contributed by atoms with Crippen molar-refractivity contribution in [3.8, 4) is 0 Å². The third-order valence-electron chi connectivity index (χ3n) is 3.72. The lowest BCUT2D eigenvalue weighted by atomic mass is 10.1. The molecule has 7 nitrogen and oxygen atoms in total. The Kier molecular flexibility index (Phi) is 6.28. The second-order valence-electron chi connectivity index (χ2n) is 5.32. The lowest BCUT2D eigenvalue weighted by Crippen LogP contribution is -2.44. The van der Waals surface area contributed by atoms with Gasteiger partial charge >= 0.3 is 0 Å². The second kappa shape index (κ2) is 8.42. The topological polar surface area (TPSA) is 86.4 Å². The van der Waals surface area contributed by atoms with Crippen LogP contribution in [-0.4, -0.2) is 56.4 Å². The standard InChI is InChI=1S/C15H22FN5O2/c1-17-15(23)13(3-2-8-22)20-11-9-12(16)14(19-10-11)21-6-4-18-5-7-21/h8-10,13,18,20H,2-7H2,1H3,(H,17,23). The predicted molar refractivity (Wildman–Crippen MR) is 86.1 cm³/mol. The van der Waals surface area contributed by atoms with Gasteiger partial charge in [-0.15, -0.1) is 0 Å². The monoisotopic (exact) mass is 323 g/mol. The Bertz CT molecular complexity index is 549. The third-order valence-corrected chi connectivity index (χ3v) is 3.72. The molecule has 0 aromatic carbocycles. The highest BCUT2D eigenvalue weighted by Crippen LogP contribution is 2.21. The third kappa shape index (κ3) is 4.62. The van der Waals surface area contributed by atoms with Crippen molar-refractivity contribution in [3.63, 3.8) is 0 Å². The minimum absolute atomic E-state index is 0.250. The minimum Gasteiger partial charge on any atom is -0.372 e. The smallest absolute Gasteiger partial charge is 0.242 e. The molecule has 3 N–H and O–H groups in total. The fourth-order valence-corrected chi connectivity index (χ4v) is 2.50. The number of hydrogen-bond acceptors (Lipinski definition) is 6. The molecule has 23 heavy (non-hydrogen) atoms. The molecule has 1 aliphatic heterocycles. The van der Waals surface area contributed by atoms with E-state index in [1.807, 2.05) is 4.90 Å². The summed E-state index contributed by atoms with van der Waals surface area (Å²) in [5.74, 6) is -0.359. The van der Waals surface area contributed by atoms with Gasteiger partial charge in [-0.2, -0.15) is 0 Å². The number of piperazine rings is 1. The fraction of sp³-hybridized carbons (Fsp3) is 0.533. The molecule has 1 atom stereocenters. The Balaban J connectivity index is 2.08. The molecule has 2 heterocycles. The Morgan fingerprint density at radius 1 is 1.52 bits per heavy atom. The van der Waals surface area contributed by atoms with Crippen LogP contribution in [0.5, 0.6) is 0 Å². The van der Waals surface area contributed by atoms with Gasteiger partial charge in [0.25, 0.3) is 0 Å². The molecular weight excluding hydrogens is 301 g/mol. The van der Waals surface area contributed by atoms with Gasteiger partial charge in [0.05, 0.1) is 11.9 Å². The molecule has 1 saturated heterocycles. The number of amides is 1. The van der Waals surface area contributed by atoms with Crippen LogP contribution in [0.3, 0.4) is 0 Å². The normalized spacial score (nSPS) is 15.8. The van der Waals surface area contributed by atoms with Crippen LogP contribution < -0.4 is 20.9 Å². The quantitative estimate of drug-likeness (QED) is 0.619. The number of pyridine rings is 1. The van der Waals surface area contributed by atoms with Gasteiger partial charge in [0.1, 0.15) is 12.3 Å². The summed E-state index contributed by atoms with van der Waals surface area (Å²) in [5.41, 5.74) is 0.417. The molecule has 2 rings (SSSR count).